The molecule has 7 nitrogen and oxygen atoms in total. The molecule has 2 amide bonds. The summed E-state index contributed by atoms with van der Waals surface area (Å²) in [6.45, 7) is 0. The van der Waals surface area contributed by atoms with Gasteiger partial charge >= 0.3 is 0 Å². The van der Waals surface area contributed by atoms with Crippen molar-refractivity contribution in [2.45, 2.75) is 75.9 Å². The molecule has 2 aliphatic rings. The fourth-order valence-electron chi connectivity index (χ4n) is 4.82. The highest BCUT2D eigenvalue weighted by Gasteiger charge is 2.39. The average Bonchev–Trinajstić information content (AvgIpc) is 3.52. The number of aromatic nitrogens is 2. The Hall–Kier alpha value is -2.48. The van der Waals surface area contributed by atoms with E-state index in [-0.39, 0.29) is 23.9 Å². The van der Waals surface area contributed by atoms with Crippen LogP contribution in [0.2, 0.25) is 0 Å². The zero-order valence-electron chi connectivity index (χ0n) is 18.0. The van der Waals surface area contributed by atoms with Gasteiger partial charge in [0.15, 0.2) is 5.69 Å². The molecule has 4 rings (SSSR count). The number of amides is 2. The summed E-state index contributed by atoms with van der Waals surface area (Å²) in [6.07, 6.45) is 9.38. The quantitative estimate of drug-likeness (QED) is 0.697. The van der Waals surface area contributed by atoms with Crippen LogP contribution in [-0.2, 0) is 4.79 Å². The Balaban J connectivity index is 1.69. The molecule has 1 aromatic carbocycles. The van der Waals surface area contributed by atoms with Crippen LogP contribution in [-0.4, -0.2) is 45.5 Å². The first-order chi connectivity index (χ1) is 15.2. The first kappa shape index (κ1) is 21.7. The summed E-state index contributed by atoms with van der Waals surface area (Å²) < 4.78 is 9.17. The maximum absolute atomic E-state index is 13.7. The van der Waals surface area contributed by atoms with E-state index in [9.17, 15) is 9.59 Å². The molecular weight excluding hydrogens is 412 g/mol. The first-order valence-electron chi connectivity index (χ1n) is 11.2. The van der Waals surface area contributed by atoms with E-state index in [1.165, 1.54) is 6.42 Å². The molecular formula is C23H30N4O3S. The van der Waals surface area contributed by atoms with Crippen molar-refractivity contribution in [3.63, 3.8) is 0 Å². The normalized spacial score (nSPS) is 18.5. The second-order valence-corrected chi connectivity index (χ2v) is 9.07. The molecule has 1 unspecified atom stereocenters. The van der Waals surface area contributed by atoms with Crippen molar-refractivity contribution >= 4 is 23.3 Å². The number of hydrogen-bond acceptors (Lipinski definition) is 6. The number of rotatable bonds is 7. The number of benzene rings is 1. The van der Waals surface area contributed by atoms with Gasteiger partial charge in [0, 0.05) is 17.5 Å². The van der Waals surface area contributed by atoms with Crippen molar-refractivity contribution in [3.8, 4) is 5.75 Å². The van der Waals surface area contributed by atoms with Gasteiger partial charge in [-0.15, -0.1) is 5.10 Å². The van der Waals surface area contributed by atoms with E-state index < -0.39 is 6.04 Å². The molecule has 1 aromatic heterocycles. The Labute approximate surface area is 187 Å². The lowest BCUT2D eigenvalue weighted by Crippen LogP contribution is -2.50. The predicted octanol–water partition coefficient (Wildman–Crippen LogP) is 4.12. The van der Waals surface area contributed by atoms with Crippen molar-refractivity contribution in [2.24, 2.45) is 0 Å². The standard InChI is InChI=1S/C23H30N4O3S/c1-30-19-13-11-16(12-14-19)21(22(28)24-17-7-3-2-4-8-17)27(18-9-5-6-10-18)23(29)20-15-31-26-25-20/h11-15,17-18,21H,2-10H2,1H3,(H,24,28). The van der Waals surface area contributed by atoms with Gasteiger partial charge in [-0.3, -0.25) is 9.59 Å². The number of nitrogens with zero attached hydrogens (tertiary/aromatic N) is 3. The lowest BCUT2D eigenvalue weighted by Gasteiger charge is -2.36. The Morgan fingerprint density at radius 3 is 2.35 bits per heavy atom. The van der Waals surface area contributed by atoms with Crippen molar-refractivity contribution < 1.29 is 14.3 Å². The molecule has 0 aliphatic heterocycles. The van der Waals surface area contributed by atoms with Crippen molar-refractivity contribution in [1.29, 1.82) is 0 Å². The SMILES string of the molecule is COc1ccc(C(C(=O)NC2CCCCC2)N(C(=O)c2csnn2)C2CCCC2)cc1. The summed E-state index contributed by atoms with van der Waals surface area (Å²) in [6, 6.07) is 6.94. The summed E-state index contributed by atoms with van der Waals surface area (Å²) in [5, 5.41) is 8.93. The minimum atomic E-state index is -0.704. The first-order valence-corrected chi connectivity index (χ1v) is 12.0. The number of carbonyl (C=O) groups is 2. The fourth-order valence-corrected chi connectivity index (χ4v) is 5.25. The number of carbonyl (C=O) groups excluding carboxylic acids is 2. The predicted molar refractivity (Wildman–Crippen MR) is 119 cm³/mol. The highest BCUT2D eigenvalue weighted by atomic mass is 32.1. The van der Waals surface area contributed by atoms with Crippen molar-refractivity contribution in [3.05, 3.63) is 40.9 Å². The van der Waals surface area contributed by atoms with Gasteiger partial charge in [0.1, 0.15) is 11.8 Å². The summed E-state index contributed by atoms with van der Waals surface area (Å²) >= 11 is 1.15. The Morgan fingerprint density at radius 2 is 1.74 bits per heavy atom. The molecule has 2 saturated carbocycles. The number of methoxy groups -OCH3 is 1. The number of hydrogen-bond donors (Lipinski definition) is 1. The maximum atomic E-state index is 13.7. The second-order valence-electron chi connectivity index (χ2n) is 8.46. The smallest absolute Gasteiger partial charge is 0.276 e. The third kappa shape index (κ3) is 5.06. The Bertz CT molecular complexity index is 859. The third-order valence-corrected chi connectivity index (χ3v) is 6.95. The fraction of sp³-hybridized carbons (Fsp3) is 0.565. The van der Waals surface area contributed by atoms with Gasteiger partial charge in [-0.1, -0.05) is 48.7 Å². The molecule has 1 heterocycles. The Kier molecular flexibility index (Phi) is 7.17. The van der Waals surface area contributed by atoms with Crippen LogP contribution in [0.1, 0.15) is 79.9 Å². The molecule has 8 heteroatoms. The average molecular weight is 443 g/mol. The van der Waals surface area contributed by atoms with E-state index in [0.29, 0.717) is 5.69 Å². The zero-order valence-corrected chi connectivity index (χ0v) is 18.8. The maximum Gasteiger partial charge on any atom is 0.276 e. The van der Waals surface area contributed by atoms with E-state index in [1.54, 1.807) is 17.4 Å². The second kappa shape index (κ2) is 10.2. The summed E-state index contributed by atoms with van der Waals surface area (Å²) in [5.74, 6) is 0.387. The highest BCUT2D eigenvalue weighted by Crippen LogP contribution is 2.34. The molecule has 2 aliphatic carbocycles. The van der Waals surface area contributed by atoms with Crippen LogP contribution in [0.3, 0.4) is 0 Å². The van der Waals surface area contributed by atoms with Gasteiger partial charge in [-0.05, 0) is 54.9 Å². The van der Waals surface area contributed by atoms with E-state index in [1.807, 2.05) is 24.3 Å². The van der Waals surface area contributed by atoms with Crippen LogP contribution in [0.4, 0.5) is 0 Å². The van der Waals surface area contributed by atoms with E-state index in [0.717, 1.165) is 74.2 Å². The molecule has 0 bridgehead atoms. The lowest BCUT2D eigenvalue weighted by atomic mass is 9.94. The van der Waals surface area contributed by atoms with Gasteiger partial charge in [0.2, 0.25) is 5.91 Å². The van der Waals surface area contributed by atoms with Crippen LogP contribution in [0.5, 0.6) is 5.75 Å². The molecule has 2 fully saturated rings. The van der Waals surface area contributed by atoms with Crippen LogP contribution < -0.4 is 10.1 Å². The summed E-state index contributed by atoms with van der Waals surface area (Å²) in [7, 11) is 1.62. The molecule has 31 heavy (non-hydrogen) atoms. The summed E-state index contributed by atoms with van der Waals surface area (Å²) in [5.41, 5.74) is 1.10. The minimum Gasteiger partial charge on any atom is -0.497 e. The summed E-state index contributed by atoms with van der Waals surface area (Å²) in [4.78, 5) is 29.0. The van der Waals surface area contributed by atoms with Crippen LogP contribution >= 0.6 is 11.5 Å². The van der Waals surface area contributed by atoms with E-state index in [4.69, 9.17) is 4.74 Å². The van der Waals surface area contributed by atoms with Gasteiger partial charge in [-0.2, -0.15) is 0 Å². The van der Waals surface area contributed by atoms with Gasteiger partial charge in [0.05, 0.1) is 7.11 Å². The molecule has 166 valence electrons. The van der Waals surface area contributed by atoms with Crippen LogP contribution in [0.15, 0.2) is 29.6 Å². The van der Waals surface area contributed by atoms with E-state index in [2.05, 4.69) is 14.9 Å². The van der Waals surface area contributed by atoms with E-state index >= 15 is 0 Å². The van der Waals surface area contributed by atoms with Crippen molar-refractivity contribution in [1.82, 2.24) is 19.8 Å². The monoisotopic (exact) mass is 442 g/mol. The van der Waals surface area contributed by atoms with Crippen LogP contribution in [0, 0.1) is 0 Å². The largest absolute Gasteiger partial charge is 0.497 e. The van der Waals surface area contributed by atoms with Crippen LogP contribution in [0.25, 0.3) is 0 Å². The molecule has 1 atom stereocenters. The molecule has 0 radical (unpaired) electrons. The van der Waals surface area contributed by atoms with Gasteiger partial charge < -0.3 is 15.0 Å². The molecule has 0 spiro atoms. The third-order valence-electron chi connectivity index (χ3n) is 6.44. The van der Waals surface area contributed by atoms with Crippen molar-refractivity contribution in [2.75, 3.05) is 7.11 Å². The minimum absolute atomic E-state index is 0.0124. The number of ether oxygens (including phenoxy) is 1. The Morgan fingerprint density at radius 1 is 1.06 bits per heavy atom. The van der Waals surface area contributed by atoms with Gasteiger partial charge in [-0.25, -0.2) is 0 Å². The highest BCUT2D eigenvalue weighted by molar-refractivity contribution is 7.03. The molecule has 0 saturated heterocycles. The topological polar surface area (TPSA) is 84.4 Å². The molecule has 2 aromatic rings. The number of nitrogens with one attached hydrogen (secondary N) is 1. The van der Waals surface area contributed by atoms with Gasteiger partial charge in [0.25, 0.3) is 5.91 Å². The molecule has 1 N–H and O–H groups in total. The lowest BCUT2D eigenvalue weighted by molar-refractivity contribution is -0.127. The zero-order chi connectivity index (χ0) is 21.6.